The molecule has 1 rings (SSSR count). The van der Waals surface area contributed by atoms with Crippen molar-refractivity contribution >= 4 is 21.4 Å². The van der Waals surface area contributed by atoms with Crippen LogP contribution >= 0.6 is 11.6 Å². The average Bonchev–Trinajstić information content (AvgIpc) is 2.14. The molecule has 1 aromatic carbocycles. The Hall–Kier alpha value is -0.750. The fourth-order valence-corrected chi connectivity index (χ4v) is 2.05. The van der Waals surface area contributed by atoms with Crippen molar-refractivity contribution in [3.05, 3.63) is 29.3 Å². The van der Waals surface area contributed by atoms with Crippen LogP contribution in [-0.2, 0) is 21.9 Å². The second-order valence-electron chi connectivity index (χ2n) is 3.22. The van der Waals surface area contributed by atoms with Gasteiger partial charge in [-0.1, -0.05) is 6.07 Å². The number of rotatable bonds is 2. The van der Waals surface area contributed by atoms with Crippen LogP contribution in [0.3, 0.4) is 0 Å². The van der Waals surface area contributed by atoms with Gasteiger partial charge >= 0.3 is 6.18 Å². The van der Waals surface area contributed by atoms with Gasteiger partial charge in [-0.2, -0.15) is 13.2 Å². The summed E-state index contributed by atoms with van der Waals surface area (Å²) in [6, 6.07) is 2.79. The second kappa shape index (κ2) is 4.25. The summed E-state index contributed by atoms with van der Waals surface area (Å²) in [6.07, 6.45) is -3.76. The Kier molecular flexibility index (Phi) is 3.54. The van der Waals surface area contributed by atoms with Crippen LogP contribution in [0.1, 0.15) is 11.1 Å². The molecule has 0 atom stereocenters. The number of hydrogen-bond acceptors (Lipinski definition) is 2. The highest BCUT2D eigenvalue weighted by molar-refractivity contribution is 7.90. The molecule has 1 aromatic rings. The highest BCUT2D eigenvalue weighted by atomic mass is 35.5. The maximum atomic E-state index is 12.6. The first-order valence-electron chi connectivity index (χ1n) is 4.12. The maximum Gasteiger partial charge on any atom is 0.416 e. The first kappa shape index (κ1) is 13.3. The van der Waals surface area contributed by atoms with Crippen molar-refractivity contribution in [1.29, 1.82) is 0 Å². The smallest absolute Gasteiger partial charge is 0.224 e. The topological polar surface area (TPSA) is 34.1 Å². The fourth-order valence-electron chi connectivity index (χ4n) is 1.17. The number of halogens is 4. The van der Waals surface area contributed by atoms with Gasteiger partial charge < -0.3 is 0 Å². The molecule has 16 heavy (non-hydrogen) atoms. The molecule has 0 spiro atoms. The molecule has 0 aromatic heterocycles. The largest absolute Gasteiger partial charge is 0.416 e. The van der Waals surface area contributed by atoms with E-state index in [0.717, 1.165) is 18.4 Å². The molecule has 0 fully saturated rings. The minimum Gasteiger partial charge on any atom is -0.224 e. The highest BCUT2D eigenvalue weighted by Gasteiger charge is 2.34. The second-order valence-corrected chi connectivity index (χ2v) is 5.51. The molecule has 0 aliphatic heterocycles. The molecule has 0 bridgehead atoms. The van der Waals surface area contributed by atoms with Gasteiger partial charge in [0.15, 0.2) is 9.84 Å². The fraction of sp³-hybridized carbons (Fsp3) is 0.333. The van der Waals surface area contributed by atoms with Gasteiger partial charge in [0.25, 0.3) is 0 Å². The third-order valence-electron chi connectivity index (χ3n) is 1.96. The first-order valence-corrected chi connectivity index (χ1v) is 6.55. The minimum atomic E-state index is -4.61. The van der Waals surface area contributed by atoms with Crippen molar-refractivity contribution in [2.45, 2.75) is 17.0 Å². The van der Waals surface area contributed by atoms with Crippen molar-refractivity contribution in [2.24, 2.45) is 0 Å². The molecule has 0 aliphatic rings. The van der Waals surface area contributed by atoms with Crippen molar-refractivity contribution in [1.82, 2.24) is 0 Å². The summed E-state index contributed by atoms with van der Waals surface area (Å²) in [5.74, 6) is -0.321. The van der Waals surface area contributed by atoms with Gasteiger partial charge in [-0.15, -0.1) is 11.6 Å². The van der Waals surface area contributed by atoms with E-state index in [1.807, 2.05) is 0 Å². The Morgan fingerprint density at radius 2 is 1.88 bits per heavy atom. The number of benzene rings is 1. The van der Waals surface area contributed by atoms with E-state index in [4.69, 9.17) is 11.6 Å². The quantitative estimate of drug-likeness (QED) is 0.776. The van der Waals surface area contributed by atoms with Crippen molar-refractivity contribution in [3.63, 3.8) is 0 Å². The molecular weight excluding hydrogens is 265 g/mol. The SMILES string of the molecule is CS(=O)(=O)c1ccc(CCl)c(C(F)(F)F)c1. The van der Waals surface area contributed by atoms with Gasteiger partial charge in [-0.3, -0.25) is 0 Å². The Balaban J connectivity index is 3.45. The van der Waals surface area contributed by atoms with Gasteiger partial charge in [0.1, 0.15) is 0 Å². The van der Waals surface area contributed by atoms with Crippen molar-refractivity contribution in [3.8, 4) is 0 Å². The zero-order chi connectivity index (χ0) is 12.6. The molecule has 90 valence electrons. The monoisotopic (exact) mass is 272 g/mol. The van der Waals surface area contributed by atoms with E-state index in [0.29, 0.717) is 6.07 Å². The lowest BCUT2D eigenvalue weighted by Crippen LogP contribution is -2.10. The Labute approximate surface area is 96.0 Å². The molecule has 0 unspecified atom stereocenters. The lowest BCUT2D eigenvalue weighted by molar-refractivity contribution is -0.138. The summed E-state index contributed by atoms with van der Waals surface area (Å²) < 4.78 is 59.9. The normalized spacial score (nSPS) is 12.8. The molecule has 0 amide bonds. The van der Waals surface area contributed by atoms with Crippen LogP contribution in [0.2, 0.25) is 0 Å². The summed E-state index contributed by atoms with van der Waals surface area (Å²) in [7, 11) is -3.65. The van der Waals surface area contributed by atoms with E-state index in [1.165, 1.54) is 0 Å². The van der Waals surface area contributed by atoms with Crippen LogP contribution in [0.5, 0.6) is 0 Å². The predicted octanol–water partition coefficient (Wildman–Crippen LogP) is 2.85. The summed E-state index contributed by atoms with van der Waals surface area (Å²) >= 11 is 5.36. The van der Waals surface area contributed by atoms with Crippen LogP contribution in [0.4, 0.5) is 13.2 Å². The Morgan fingerprint density at radius 3 is 2.25 bits per heavy atom. The molecule has 0 radical (unpaired) electrons. The summed E-state index contributed by atoms with van der Waals surface area (Å²) in [5, 5.41) is 0. The van der Waals surface area contributed by atoms with E-state index >= 15 is 0 Å². The molecule has 0 heterocycles. The lowest BCUT2D eigenvalue weighted by Gasteiger charge is -2.12. The summed E-state index contributed by atoms with van der Waals surface area (Å²) in [4.78, 5) is -0.367. The minimum absolute atomic E-state index is 0.137. The zero-order valence-corrected chi connectivity index (χ0v) is 9.75. The van der Waals surface area contributed by atoms with E-state index in [-0.39, 0.29) is 16.3 Å². The predicted molar refractivity (Wildman–Crippen MR) is 54.1 cm³/mol. The van der Waals surface area contributed by atoms with E-state index in [1.54, 1.807) is 0 Å². The molecule has 7 heteroatoms. The lowest BCUT2D eigenvalue weighted by atomic mass is 10.1. The molecule has 0 N–H and O–H groups in total. The number of alkyl halides is 4. The van der Waals surface area contributed by atoms with E-state index < -0.39 is 21.6 Å². The van der Waals surface area contributed by atoms with Crippen LogP contribution in [0.15, 0.2) is 23.1 Å². The standard InChI is InChI=1S/C9H8ClF3O2S/c1-16(14,15)7-3-2-6(5-10)8(4-7)9(11,12)13/h2-4H,5H2,1H3. The summed E-state index contributed by atoms with van der Waals surface area (Å²) in [6.45, 7) is 0. The molecular formula is C9H8ClF3O2S. The Morgan fingerprint density at radius 1 is 1.31 bits per heavy atom. The third kappa shape index (κ3) is 2.89. The van der Waals surface area contributed by atoms with Gasteiger partial charge in [0, 0.05) is 12.1 Å². The molecule has 0 saturated carbocycles. The van der Waals surface area contributed by atoms with Gasteiger partial charge in [0.05, 0.1) is 10.5 Å². The Bertz CT molecular complexity index is 494. The van der Waals surface area contributed by atoms with Crippen LogP contribution in [0, 0.1) is 0 Å². The van der Waals surface area contributed by atoms with Gasteiger partial charge in [-0.25, -0.2) is 8.42 Å². The first-order chi connectivity index (χ1) is 7.16. The van der Waals surface area contributed by atoms with E-state index in [9.17, 15) is 21.6 Å². The van der Waals surface area contributed by atoms with Crippen molar-refractivity contribution < 1.29 is 21.6 Å². The van der Waals surface area contributed by atoms with Gasteiger partial charge in [-0.05, 0) is 17.7 Å². The molecule has 0 aliphatic carbocycles. The molecule has 0 saturated heterocycles. The highest BCUT2D eigenvalue weighted by Crippen LogP contribution is 2.34. The molecule has 2 nitrogen and oxygen atoms in total. The van der Waals surface area contributed by atoms with Gasteiger partial charge in [0.2, 0.25) is 0 Å². The van der Waals surface area contributed by atoms with Crippen molar-refractivity contribution in [2.75, 3.05) is 6.26 Å². The third-order valence-corrected chi connectivity index (χ3v) is 3.36. The average molecular weight is 273 g/mol. The van der Waals surface area contributed by atoms with Crippen LogP contribution in [0.25, 0.3) is 0 Å². The summed E-state index contributed by atoms with van der Waals surface area (Å²) in [5.41, 5.74) is -1.15. The van der Waals surface area contributed by atoms with E-state index in [2.05, 4.69) is 0 Å². The zero-order valence-electron chi connectivity index (χ0n) is 8.18. The van der Waals surface area contributed by atoms with Crippen LogP contribution in [-0.4, -0.2) is 14.7 Å². The van der Waals surface area contributed by atoms with Crippen LogP contribution < -0.4 is 0 Å². The number of hydrogen-bond donors (Lipinski definition) is 0. The maximum absolute atomic E-state index is 12.6. The number of sulfone groups is 1.